The van der Waals surface area contributed by atoms with Crippen molar-refractivity contribution in [3.8, 4) is 6.07 Å². The van der Waals surface area contributed by atoms with Crippen LogP contribution in [0.4, 0.5) is 4.39 Å². The van der Waals surface area contributed by atoms with Crippen LogP contribution in [0.25, 0.3) is 5.57 Å². The number of benzene rings is 2. The summed E-state index contributed by atoms with van der Waals surface area (Å²) in [6, 6.07) is 16.6. The van der Waals surface area contributed by atoms with Crippen molar-refractivity contribution >= 4 is 5.57 Å². The van der Waals surface area contributed by atoms with Crippen LogP contribution in [0.2, 0.25) is 0 Å². The van der Waals surface area contributed by atoms with Gasteiger partial charge < -0.3 is 0 Å². The average Bonchev–Trinajstić information content (AvgIpc) is 2.94. The van der Waals surface area contributed by atoms with E-state index in [0.29, 0.717) is 5.56 Å². The Balaban J connectivity index is 0. The monoisotopic (exact) mass is 545 g/mol. The van der Waals surface area contributed by atoms with Gasteiger partial charge in [-0.2, -0.15) is 5.26 Å². The van der Waals surface area contributed by atoms with E-state index in [1.807, 2.05) is 69.3 Å². The average molecular weight is 546 g/mol. The first-order chi connectivity index (χ1) is 19.1. The minimum atomic E-state index is -0.133. The summed E-state index contributed by atoms with van der Waals surface area (Å²) in [6.45, 7) is 24.6. The highest BCUT2D eigenvalue weighted by molar-refractivity contribution is 5.70. The van der Waals surface area contributed by atoms with Crippen LogP contribution in [-0.2, 0) is 6.42 Å². The second kappa shape index (κ2) is 26.1. The van der Waals surface area contributed by atoms with Gasteiger partial charge in [-0.1, -0.05) is 127 Å². The lowest BCUT2D eigenvalue weighted by Gasteiger charge is -2.07. The molecule has 1 nitrogen and oxygen atoms in total. The summed E-state index contributed by atoms with van der Waals surface area (Å²) in [5.74, 6) is 0.768. The van der Waals surface area contributed by atoms with Gasteiger partial charge in [0.05, 0.1) is 11.6 Å². The van der Waals surface area contributed by atoms with Gasteiger partial charge in [0.25, 0.3) is 0 Å². The third kappa shape index (κ3) is 20.7. The maximum Gasteiger partial charge on any atom is 0.123 e. The molecule has 0 aliphatic carbocycles. The molecule has 0 bridgehead atoms. The fourth-order valence-electron chi connectivity index (χ4n) is 3.49. The number of allylic oxidation sites excluding steroid dienone is 6. The minimum Gasteiger partial charge on any atom is -0.207 e. The van der Waals surface area contributed by atoms with Gasteiger partial charge >= 0.3 is 0 Å². The standard InChI is InChI=1S/C16H17N.C10H20.C9H11F.C3H8/c1-12(2)13(3)9-10-14(4)16-8-6-5-7-15(16)11-17;1-4-6-8-10(3)9-7-5-2;1-2-4-8-5-3-6-9(10)7-8;1-3-2/h5-10H,1H2,2-4H3;4,10H,1,5-9H2,2-3H3;3,5-7H,2,4H2,1H3;3H2,1-2H3/b13-9-,14-10+;;;. The molecule has 0 aromatic heterocycles. The Morgan fingerprint density at radius 3 is 2.12 bits per heavy atom. The zero-order valence-corrected chi connectivity index (χ0v) is 26.8. The highest BCUT2D eigenvalue weighted by Gasteiger charge is 2.01. The molecule has 0 saturated heterocycles. The van der Waals surface area contributed by atoms with Gasteiger partial charge in [0.15, 0.2) is 0 Å². The summed E-state index contributed by atoms with van der Waals surface area (Å²) in [5.41, 5.74) is 6.08. The number of rotatable bonds is 11. The topological polar surface area (TPSA) is 23.8 Å². The van der Waals surface area contributed by atoms with Crippen LogP contribution in [0.15, 0.2) is 91.1 Å². The lowest BCUT2D eigenvalue weighted by Crippen LogP contribution is -1.92. The molecule has 0 aliphatic rings. The van der Waals surface area contributed by atoms with E-state index in [0.717, 1.165) is 46.6 Å². The maximum absolute atomic E-state index is 12.5. The van der Waals surface area contributed by atoms with Crippen LogP contribution in [-0.4, -0.2) is 0 Å². The first-order valence-corrected chi connectivity index (χ1v) is 15.0. The second-order valence-corrected chi connectivity index (χ2v) is 10.3. The third-order valence-corrected chi connectivity index (χ3v) is 6.07. The summed E-state index contributed by atoms with van der Waals surface area (Å²) >= 11 is 0. The van der Waals surface area contributed by atoms with Gasteiger partial charge in [0, 0.05) is 0 Å². The Morgan fingerprint density at radius 1 is 0.950 bits per heavy atom. The van der Waals surface area contributed by atoms with Gasteiger partial charge in [-0.15, -0.1) is 6.58 Å². The molecule has 0 N–H and O–H groups in total. The molecule has 40 heavy (non-hydrogen) atoms. The van der Waals surface area contributed by atoms with E-state index >= 15 is 0 Å². The van der Waals surface area contributed by atoms with Crippen LogP contribution in [0, 0.1) is 23.1 Å². The van der Waals surface area contributed by atoms with Crippen LogP contribution in [0.1, 0.15) is 117 Å². The number of nitriles is 1. The third-order valence-electron chi connectivity index (χ3n) is 6.07. The van der Waals surface area contributed by atoms with E-state index in [4.69, 9.17) is 5.26 Å². The Labute approximate surface area is 247 Å². The first-order valence-electron chi connectivity index (χ1n) is 15.0. The van der Waals surface area contributed by atoms with Crippen molar-refractivity contribution < 1.29 is 4.39 Å². The molecule has 0 saturated carbocycles. The number of hydrogen-bond acceptors (Lipinski definition) is 1. The molecular weight excluding hydrogens is 489 g/mol. The van der Waals surface area contributed by atoms with Crippen molar-refractivity contribution in [3.63, 3.8) is 0 Å². The number of hydrogen-bond donors (Lipinski definition) is 0. The summed E-state index contributed by atoms with van der Waals surface area (Å²) in [7, 11) is 0. The molecule has 0 heterocycles. The van der Waals surface area contributed by atoms with E-state index in [1.165, 1.54) is 44.6 Å². The first kappa shape index (κ1) is 39.0. The normalized spacial score (nSPS) is 11.3. The molecule has 0 spiro atoms. The van der Waals surface area contributed by atoms with E-state index in [2.05, 4.69) is 53.8 Å². The number of aryl methyl sites for hydroxylation is 1. The van der Waals surface area contributed by atoms with Gasteiger partial charge in [-0.25, -0.2) is 4.39 Å². The van der Waals surface area contributed by atoms with Crippen molar-refractivity contribution in [2.75, 3.05) is 0 Å². The zero-order chi connectivity index (χ0) is 30.8. The Morgan fingerprint density at radius 2 is 1.60 bits per heavy atom. The second-order valence-electron chi connectivity index (χ2n) is 10.3. The molecule has 1 atom stereocenters. The summed E-state index contributed by atoms with van der Waals surface area (Å²) in [5, 5.41) is 9.03. The SMILES string of the molecule is C=C(C)/C(C)=C\C=C(/C)c1ccccc1C#N.C=CCCC(C)CCCC.CCC.CCCc1cccc(F)c1. The molecule has 1 unspecified atom stereocenters. The van der Waals surface area contributed by atoms with Crippen LogP contribution in [0.3, 0.4) is 0 Å². The highest BCUT2D eigenvalue weighted by atomic mass is 19.1. The van der Waals surface area contributed by atoms with Crippen molar-refractivity contribution in [1.82, 2.24) is 0 Å². The fraction of sp³-hybridized carbons (Fsp3) is 0.447. The molecule has 0 aliphatic heterocycles. The zero-order valence-electron chi connectivity index (χ0n) is 26.8. The Kier molecular flexibility index (Phi) is 25.4. The summed E-state index contributed by atoms with van der Waals surface area (Å²) in [6.07, 6.45) is 16.0. The molecule has 0 radical (unpaired) electrons. The lowest BCUT2D eigenvalue weighted by molar-refractivity contribution is 0.476. The molecule has 220 valence electrons. The maximum atomic E-state index is 12.5. The van der Waals surface area contributed by atoms with E-state index in [-0.39, 0.29) is 5.82 Å². The smallest absolute Gasteiger partial charge is 0.123 e. The molecule has 0 fully saturated rings. The lowest BCUT2D eigenvalue weighted by atomic mass is 9.99. The largest absolute Gasteiger partial charge is 0.207 e. The number of nitrogens with zero attached hydrogens (tertiary/aromatic N) is 1. The quantitative estimate of drug-likeness (QED) is 0.203. The number of halogens is 1. The minimum absolute atomic E-state index is 0.133. The van der Waals surface area contributed by atoms with Gasteiger partial charge in [-0.3, -0.25) is 0 Å². The molecule has 2 aromatic rings. The highest BCUT2D eigenvalue weighted by Crippen LogP contribution is 2.19. The van der Waals surface area contributed by atoms with E-state index < -0.39 is 0 Å². The number of unbranched alkanes of at least 4 members (excludes halogenated alkanes) is 1. The fourth-order valence-corrected chi connectivity index (χ4v) is 3.49. The van der Waals surface area contributed by atoms with Crippen LogP contribution < -0.4 is 0 Å². The van der Waals surface area contributed by atoms with E-state index in [1.54, 1.807) is 12.1 Å². The predicted octanol–water partition coefficient (Wildman–Crippen LogP) is 12.5. The van der Waals surface area contributed by atoms with Crippen LogP contribution >= 0.6 is 0 Å². The summed E-state index contributed by atoms with van der Waals surface area (Å²) in [4.78, 5) is 0. The summed E-state index contributed by atoms with van der Waals surface area (Å²) < 4.78 is 12.5. The molecule has 2 rings (SSSR count). The Hall–Kier alpha value is -3.18. The van der Waals surface area contributed by atoms with Gasteiger partial charge in [0.2, 0.25) is 0 Å². The molecular formula is C38H56FN. The predicted molar refractivity (Wildman–Crippen MR) is 178 cm³/mol. The van der Waals surface area contributed by atoms with E-state index in [9.17, 15) is 4.39 Å². The van der Waals surface area contributed by atoms with Crippen LogP contribution in [0.5, 0.6) is 0 Å². The molecule has 2 aromatic carbocycles. The van der Waals surface area contributed by atoms with Crippen molar-refractivity contribution in [2.24, 2.45) is 5.92 Å². The Bertz CT molecular complexity index is 1050. The molecule has 0 amide bonds. The van der Waals surface area contributed by atoms with Gasteiger partial charge in [0.1, 0.15) is 5.82 Å². The van der Waals surface area contributed by atoms with Crippen molar-refractivity contribution in [2.45, 2.75) is 107 Å². The van der Waals surface area contributed by atoms with Crippen molar-refractivity contribution in [3.05, 3.63) is 114 Å². The van der Waals surface area contributed by atoms with Crippen molar-refractivity contribution in [1.29, 1.82) is 5.26 Å². The molecule has 2 heteroatoms. The van der Waals surface area contributed by atoms with Gasteiger partial charge in [-0.05, 0) is 86.4 Å².